The van der Waals surface area contributed by atoms with E-state index in [9.17, 15) is 0 Å². The van der Waals surface area contributed by atoms with Gasteiger partial charge in [0.25, 0.3) is 0 Å². The Morgan fingerprint density at radius 3 is 2.20 bits per heavy atom. The molecule has 5 aliphatic carbocycles. The molecule has 0 N–H and O–H groups in total. The highest BCUT2D eigenvalue weighted by Crippen LogP contribution is 2.63. The zero-order chi connectivity index (χ0) is 16.5. The normalized spacial score (nSPS) is 47.6. The molecule has 132 valence electrons. The third-order valence-corrected chi connectivity index (χ3v) is 7.52. The standard InChI is InChI=1S/C22H26O3/c1-2-4-17(5-3-1)18-6-8-21(9-7-18)23-22(25-24-21)19-11-15-10-16(13-19)14-20(22)12-15/h1-6,15-16,19-20H,7-14H2. The lowest BCUT2D eigenvalue weighted by Gasteiger charge is -2.57. The molecule has 7 rings (SSSR count). The van der Waals surface area contributed by atoms with Crippen molar-refractivity contribution in [2.45, 2.75) is 62.9 Å². The van der Waals surface area contributed by atoms with Crippen molar-refractivity contribution in [3.05, 3.63) is 42.0 Å². The smallest absolute Gasteiger partial charge is 0.210 e. The van der Waals surface area contributed by atoms with Gasteiger partial charge in [0, 0.05) is 24.7 Å². The first-order chi connectivity index (χ1) is 12.2. The van der Waals surface area contributed by atoms with Crippen molar-refractivity contribution in [3.63, 3.8) is 0 Å². The van der Waals surface area contributed by atoms with Gasteiger partial charge in [0.15, 0.2) is 0 Å². The van der Waals surface area contributed by atoms with Crippen LogP contribution in [0.2, 0.25) is 0 Å². The average Bonchev–Trinajstić information content (AvgIpc) is 3.01. The van der Waals surface area contributed by atoms with Gasteiger partial charge >= 0.3 is 0 Å². The minimum Gasteiger partial charge on any atom is -0.311 e. The predicted molar refractivity (Wildman–Crippen MR) is 94.0 cm³/mol. The largest absolute Gasteiger partial charge is 0.311 e. The van der Waals surface area contributed by atoms with Crippen LogP contribution in [0.5, 0.6) is 0 Å². The van der Waals surface area contributed by atoms with E-state index in [4.69, 9.17) is 14.5 Å². The van der Waals surface area contributed by atoms with Crippen LogP contribution in [-0.4, -0.2) is 11.6 Å². The monoisotopic (exact) mass is 338 g/mol. The van der Waals surface area contributed by atoms with Crippen LogP contribution in [0, 0.1) is 23.7 Å². The molecule has 1 unspecified atom stereocenters. The number of ether oxygens (including phenoxy) is 1. The second-order valence-electron chi connectivity index (χ2n) is 9.00. The zero-order valence-electron chi connectivity index (χ0n) is 14.7. The van der Waals surface area contributed by atoms with Gasteiger partial charge in [-0.1, -0.05) is 36.4 Å². The first-order valence-electron chi connectivity index (χ1n) is 10.1. The van der Waals surface area contributed by atoms with E-state index in [1.807, 2.05) is 0 Å². The van der Waals surface area contributed by atoms with E-state index in [0.717, 1.165) is 31.1 Å². The Hall–Kier alpha value is -1.16. The molecule has 6 aliphatic rings. The van der Waals surface area contributed by atoms with Crippen LogP contribution in [0.15, 0.2) is 36.4 Å². The van der Waals surface area contributed by atoms with Gasteiger partial charge in [-0.3, -0.25) is 0 Å². The van der Waals surface area contributed by atoms with Gasteiger partial charge in [-0.15, -0.1) is 0 Å². The molecule has 2 spiro atoms. The quantitative estimate of drug-likeness (QED) is 0.668. The number of hydrogen-bond donors (Lipinski definition) is 0. The van der Waals surface area contributed by atoms with Gasteiger partial charge < -0.3 is 4.74 Å². The van der Waals surface area contributed by atoms with Crippen LogP contribution in [0.25, 0.3) is 5.57 Å². The number of benzene rings is 1. The lowest BCUT2D eigenvalue weighted by molar-refractivity contribution is -0.388. The van der Waals surface area contributed by atoms with Gasteiger partial charge in [0.2, 0.25) is 11.6 Å². The molecule has 3 heteroatoms. The minimum atomic E-state index is -0.548. The fourth-order valence-corrected chi connectivity index (χ4v) is 6.50. The Morgan fingerprint density at radius 1 is 0.840 bits per heavy atom. The number of hydrogen-bond acceptors (Lipinski definition) is 3. The molecule has 3 nitrogen and oxygen atoms in total. The molecule has 0 aromatic heterocycles. The summed E-state index contributed by atoms with van der Waals surface area (Å²) in [7, 11) is 0. The van der Waals surface area contributed by atoms with E-state index in [1.54, 1.807) is 0 Å². The minimum absolute atomic E-state index is 0.439. The first-order valence-corrected chi connectivity index (χ1v) is 10.1. The highest BCUT2D eigenvalue weighted by Gasteiger charge is 2.66. The highest BCUT2D eigenvalue weighted by atomic mass is 17.3. The summed E-state index contributed by atoms with van der Waals surface area (Å²) in [4.78, 5) is 12.1. The summed E-state index contributed by atoms with van der Waals surface area (Å²) in [5.41, 5.74) is 2.73. The summed E-state index contributed by atoms with van der Waals surface area (Å²) < 4.78 is 6.75. The SMILES string of the molecule is C1=C(c2ccccc2)CCC2(C1)OOC1(O2)C2CC3CC(C2)CC1C3. The third-order valence-electron chi connectivity index (χ3n) is 7.52. The molecule has 0 radical (unpaired) electrons. The lowest BCUT2D eigenvalue weighted by Crippen LogP contribution is -2.59. The Labute approximate surface area is 149 Å². The third kappa shape index (κ3) is 2.16. The molecule has 1 aromatic carbocycles. The van der Waals surface area contributed by atoms with Crippen molar-refractivity contribution in [2.75, 3.05) is 0 Å². The Balaban J connectivity index is 1.25. The van der Waals surface area contributed by atoms with E-state index >= 15 is 0 Å². The van der Waals surface area contributed by atoms with E-state index in [1.165, 1.54) is 43.2 Å². The van der Waals surface area contributed by atoms with Crippen LogP contribution in [0.3, 0.4) is 0 Å². The van der Waals surface area contributed by atoms with Gasteiger partial charge in [0.1, 0.15) is 0 Å². The Kier molecular flexibility index (Phi) is 3.10. The van der Waals surface area contributed by atoms with Crippen molar-refractivity contribution in [3.8, 4) is 0 Å². The summed E-state index contributed by atoms with van der Waals surface area (Å²) in [6.07, 6.45) is 11.5. The van der Waals surface area contributed by atoms with Crippen LogP contribution in [-0.2, 0) is 14.5 Å². The van der Waals surface area contributed by atoms with Crippen molar-refractivity contribution >= 4 is 5.57 Å². The molecule has 4 saturated carbocycles. The molecular weight excluding hydrogens is 312 g/mol. The second-order valence-corrected chi connectivity index (χ2v) is 9.00. The lowest BCUT2D eigenvalue weighted by atomic mass is 9.53. The van der Waals surface area contributed by atoms with Crippen molar-refractivity contribution < 1.29 is 14.5 Å². The summed E-state index contributed by atoms with van der Waals surface area (Å²) in [6.45, 7) is 0. The topological polar surface area (TPSA) is 27.7 Å². The molecule has 0 amide bonds. The molecule has 1 aliphatic heterocycles. The summed E-state index contributed by atoms with van der Waals surface area (Å²) in [5, 5.41) is 0. The maximum Gasteiger partial charge on any atom is 0.210 e. The van der Waals surface area contributed by atoms with E-state index < -0.39 is 11.6 Å². The summed E-state index contributed by atoms with van der Waals surface area (Å²) >= 11 is 0. The van der Waals surface area contributed by atoms with E-state index in [2.05, 4.69) is 36.4 Å². The highest BCUT2D eigenvalue weighted by molar-refractivity contribution is 5.66. The van der Waals surface area contributed by atoms with Crippen LogP contribution in [0.1, 0.15) is 56.9 Å². The number of rotatable bonds is 1. The van der Waals surface area contributed by atoms with Crippen molar-refractivity contribution in [2.24, 2.45) is 23.7 Å². The fraction of sp³-hybridized carbons (Fsp3) is 0.636. The first kappa shape index (κ1) is 15.0. The Morgan fingerprint density at radius 2 is 1.56 bits per heavy atom. The van der Waals surface area contributed by atoms with Gasteiger partial charge in [-0.25, -0.2) is 0 Å². The summed E-state index contributed by atoms with van der Waals surface area (Å²) in [6, 6.07) is 10.7. The van der Waals surface area contributed by atoms with Crippen LogP contribution in [0.4, 0.5) is 0 Å². The molecule has 1 heterocycles. The van der Waals surface area contributed by atoms with Crippen molar-refractivity contribution in [1.82, 2.24) is 0 Å². The maximum absolute atomic E-state index is 6.75. The molecule has 1 aromatic rings. The summed E-state index contributed by atoms with van der Waals surface area (Å²) in [5.74, 6) is 1.92. The Bertz CT molecular complexity index is 681. The molecule has 25 heavy (non-hydrogen) atoms. The van der Waals surface area contributed by atoms with Crippen LogP contribution >= 0.6 is 0 Å². The molecule has 5 fully saturated rings. The van der Waals surface area contributed by atoms with E-state index in [-0.39, 0.29) is 0 Å². The van der Waals surface area contributed by atoms with Crippen molar-refractivity contribution in [1.29, 1.82) is 0 Å². The fourth-order valence-electron chi connectivity index (χ4n) is 6.50. The second kappa shape index (κ2) is 5.18. The van der Waals surface area contributed by atoms with Crippen LogP contribution < -0.4 is 0 Å². The van der Waals surface area contributed by atoms with Gasteiger partial charge in [0.05, 0.1) is 0 Å². The molecule has 1 saturated heterocycles. The molecular formula is C22H26O3. The maximum atomic E-state index is 6.75. The predicted octanol–water partition coefficient (Wildman–Crippen LogP) is 5.08. The number of allylic oxidation sites excluding steroid dienone is 1. The van der Waals surface area contributed by atoms with Gasteiger partial charge in [-0.2, -0.15) is 9.78 Å². The average molecular weight is 338 g/mol. The van der Waals surface area contributed by atoms with Gasteiger partial charge in [-0.05, 0) is 61.5 Å². The molecule has 4 bridgehead atoms. The van der Waals surface area contributed by atoms with E-state index in [0.29, 0.717) is 11.8 Å². The molecule has 1 atom stereocenters. The zero-order valence-corrected chi connectivity index (χ0v) is 14.7.